The highest BCUT2D eigenvalue weighted by atomic mass is 35.5. The van der Waals surface area contributed by atoms with Gasteiger partial charge in [0.05, 0.1) is 5.69 Å². The molecule has 2 aromatic rings. The molecular weight excluding hydrogens is 289 g/mol. The Bertz CT molecular complexity index is 622. The first-order valence-electron chi connectivity index (χ1n) is 6.94. The van der Waals surface area contributed by atoms with Crippen molar-refractivity contribution < 1.29 is 4.39 Å². The monoisotopic (exact) mass is 305 g/mol. The summed E-state index contributed by atoms with van der Waals surface area (Å²) in [6.07, 6.45) is 0. The van der Waals surface area contributed by atoms with E-state index in [9.17, 15) is 4.39 Å². The van der Waals surface area contributed by atoms with E-state index in [1.165, 1.54) is 6.07 Å². The third-order valence-corrected chi connectivity index (χ3v) is 4.04. The van der Waals surface area contributed by atoms with E-state index in [0.29, 0.717) is 11.4 Å². The fourth-order valence-electron chi connectivity index (χ4n) is 2.64. The van der Waals surface area contributed by atoms with E-state index in [1.54, 1.807) is 12.1 Å². The predicted octanol–water partition coefficient (Wildman–Crippen LogP) is 3.39. The van der Waals surface area contributed by atoms with Crippen molar-refractivity contribution in [2.75, 3.05) is 41.7 Å². The van der Waals surface area contributed by atoms with Crippen molar-refractivity contribution in [3.8, 4) is 0 Å². The maximum atomic E-state index is 13.9. The fraction of sp³-hybridized carbons (Fsp3) is 0.250. The van der Waals surface area contributed by atoms with Crippen LogP contribution in [0, 0.1) is 5.82 Å². The van der Waals surface area contributed by atoms with Gasteiger partial charge in [-0.15, -0.1) is 0 Å². The fourth-order valence-corrected chi connectivity index (χ4v) is 2.76. The van der Waals surface area contributed by atoms with Gasteiger partial charge in [0.2, 0.25) is 0 Å². The lowest BCUT2D eigenvalue weighted by atomic mass is 10.2. The van der Waals surface area contributed by atoms with E-state index in [0.717, 1.165) is 36.9 Å². The number of piperazine rings is 1. The Labute approximate surface area is 128 Å². The van der Waals surface area contributed by atoms with Crippen LogP contribution in [0.4, 0.5) is 21.5 Å². The number of nitrogen functional groups attached to an aromatic ring is 1. The third kappa shape index (κ3) is 3.05. The number of hydrogen-bond donors (Lipinski definition) is 1. The number of nitrogens with zero attached hydrogens (tertiary/aromatic N) is 2. The first kappa shape index (κ1) is 14.0. The molecule has 1 saturated heterocycles. The van der Waals surface area contributed by atoms with E-state index in [1.807, 2.05) is 24.3 Å². The molecule has 0 radical (unpaired) electrons. The Kier molecular flexibility index (Phi) is 3.88. The Morgan fingerprint density at radius 3 is 2.14 bits per heavy atom. The van der Waals surface area contributed by atoms with Gasteiger partial charge in [0, 0.05) is 42.6 Å². The lowest BCUT2D eigenvalue weighted by Crippen LogP contribution is -2.46. The molecule has 2 N–H and O–H groups in total. The summed E-state index contributed by atoms with van der Waals surface area (Å²) in [6, 6.07) is 12.7. The van der Waals surface area contributed by atoms with Crippen LogP contribution in [0.3, 0.4) is 0 Å². The van der Waals surface area contributed by atoms with Crippen molar-refractivity contribution in [1.29, 1.82) is 0 Å². The minimum Gasteiger partial charge on any atom is -0.399 e. The SMILES string of the molecule is Nc1ccc(N2CCN(c3ccc(Cl)cc3)CC2)c(F)c1. The van der Waals surface area contributed by atoms with Crippen LogP contribution in [-0.2, 0) is 0 Å². The number of rotatable bonds is 2. The van der Waals surface area contributed by atoms with Gasteiger partial charge in [-0.25, -0.2) is 4.39 Å². The summed E-state index contributed by atoms with van der Waals surface area (Å²) in [7, 11) is 0. The molecule has 0 aliphatic carbocycles. The van der Waals surface area contributed by atoms with Crippen LogP contribution < -0.4 is 15.5 Å². The minimum atomic E-state index is -0.255. The molecule has 110 valence electrons. The summed E-state index contributed by atoms with van der Waals surface area (Å²) in [5, 5.41) is 0.737. The van der Waals surface area contributed by atoms with Gasteiger partial charge >= 0.3 is 0 Å². The van der Waals surface area contributed by atoms with Crippen molar-refractivity contribution in [1.82, 2.24) is 0 Å². The van der Waals surface area contributed by atoms with Crippen molar-refractivity contribution in [3.05, 3.63) is 53.3 Å². The molecule has 2 aromatic carbocycles. The number of halogens is 2. The number of benzene rings is 2. The molecule has 21 heavy (non-hydrogen) atoms. The highest BCUT2D eigenvalue weighted by molar-refractivity contribution is 6.30. The quantitative estimate of drug-likeness (QED) is 0.863. The predicted molar refractivity (Wildman–Crippen MR) is 86.7 cm³/mol. The van der Waals surface area contributed by atoms with Crippen LogP contribution in [0.25, 0.3) is 0 Å². The van der Waals surface area contributed by atoms with Crippen molar-refractivity contribution in [3.63, 3.8) is 0 Å². The molecule has 0 unspecified atom stereocenters. The van der Waals surface area contributed by atoms with Crippen LogP contribution >= 0.6 is 11.6 Å². The van der Waals surface area contributed by atoms with Gasteiger partial charge in [-0.1, -0.05) is 11.6 Å². The molecule has 1 aliphatic rings. The van der Waals surface area contributed by atoms with Gasteiger partial charge in [-0.2, -0.15) is 0 Å². The van der Waals surface area contributed by atoms with E-state index in [2.05, 4.69) is 9.80 Å². The second-order valence-corrected chi connectivity index (χ2v) is 5.60. The Morgan fingerprint density at radius 2 is 1.52 bits per heavy atom. The molecule has 0 spiro atoms. The smallest absolute Gasteiger partial charge is 0.148 e. The Morgan fingerprint density at radius 1 is 0.905 bits per heavy atom. The molecular formula is C16H17ClFN3. The number of anilines is 3. The number of hydrogen-bond acceptors (Lipinski definition) is 3. The molecule has 3 rings (SSSR count). The summed E-state index contributed by atoms with van der Waals surface area (Å²) in [6.45, 7) is 3.27. The molecule has 1 aliphatic heterocycles. The van der Waals surface area contributed by atoms with Gasteiger partial charge in [0.1, 0.15) is 5.82 Å². The average molecular weight is 306 g/mol. The van der Waals surface area contributed by atoms with Gasteiger partial charge in [-0.05, 0) is 42.5 Å². The summed E-state index contributed by atoms with van der Waals surface area (Å²) >= 11 is 5.91. The average Bonchev–Trinajstić information content (AvgIpc) is 2.48. The third-order valence-electron chi connectivity index (χ3n) is 3.78. The zero-order valence-electron chi connectivity index (χ0n) is 11.6. The van der Waals surface area contributed by atoms with Crippen LogP contribution in [0.5, 0.6) is 0 Å². The Balaban J connectivity index is 1.68. The molecule has 1 heterocycles. The van der Waals surface area contributed by atoms with Crippen LogP contribution in [0.15, 0.2) is 42.5 Å². The molecule has 5 heteroatoms. The van der Waals surface area contributed by atoms with E-state index >= 15 is 0 Å². The first-order chi connectivity index (χ1) is 10.1. The molecule has 0 amide bonds. The standard InChI is InChI=1S/C16H17ClFN3/c17-12-1-4-14(5-2-12)20-7-9-21(10-8-20)16-6-3-13(19)11-15(16)18/h1-6,11H,7-10,19H2. The largest absolute Gasteiger partial charge is 0.399 e. The highest BCUT2D eigenvalue weighted by Gasteiger charge is 2.19. The van der Waals surface area contributed by atoms with Crippen molar-refractivity contribution in [2.45, 2.75) is 0 Å². The van der Waals surface area contributed by atoms with Gasteiger partial charge < -0.3 is 15.5 Å². The van der Waals surface area contributed by atoms with Crippen molar-refractivity contribution >= 4 is 28.7 Å². The molecule has 0 saturated carbocycles. The van der Waals surface area contributed by atoms with Crippen LogP contribution in [0.2, 0.25) is 5.02 Å². The van der Waals surface area contributed by atoms with E-state index < -0.39 is 0 Å². The highest BCUT2D eigenvalue weighted by Crippen LogP contribution is 2.25. The topological polar surface area (TPSA) is 32.5 Å². The van der Waals surface area contributed by atoms with Crippen LogP contribution in [-0.4, -0.2) is 26.2 Å². The zero-order chi connectivity index (χ0) is 14.8. The zero-order valence-corrected chi connectivity index (χ0v) is 12.4. The normalized spacial score (nSPS) is 15.3. The molecule has 0 atom stereocenters. The van der Waals surface area contributed by atoms with Gasteiger partial charge in [0.25, 0.3) is 0 Å². The summed E-state index contributed by atoms with van der Waals surface area (Å²) < 4.78 is 13.9. The maximum Gasteiger partial charge on any atom is 0.148 e. The number of nitrogens with two attached hydrogens (primary N) is 1. The lowest BCUT2D eigenvalue weighted by molar-refractivity contribution is 0.598. The Hall–Kier alpha value is -1.94. The second kappa shape index (κ2) is 5.82. The maximum absolute atomic E-state index is 13.9. The summed E-state index contributed by atoms with van der Waals surface area (Å²) in [5.74, 6) is -0.255. The van der Waals surface area contributed by atoms with Crippen LogP contribution in [0.1, 0.15) is 0 Å². The van der Waals surface area contributed by atoms with E-state index in [4.69, 9.17) is 17.3 Å². The van der Waals surface area contributed by atoms with Gasteiger partial charge in [-0.3, -0.25) is 0 Å². The first-order valence-corrected chi connectivity index (χ1v) is 7.32. The molecule has 0 aromatic heterocycles. The molecule has 3 nitrogen and oxygen atoms in total. The van der Waals surface area contributed by atoms with E-state index in [-0.39, 0.29) is 5.82 Å². The summed E-state index contributed by atoms with van der Waals surface area (Å²) in [5.41, 5.74) is 7.82. The van der Waals surface area contributed by atoms with Gasteiger partial charge in [0.15, 0.2) is 0 Å². The molecule has 0 bridgehead atoms. The molecule has 1 fully saturated rings. The lowest BCUT2D eigenvalue weighted by Gasteiger charge is -2.37. The van der Waals surface area contributed by atoms with Crippen molar-refractivity contribution in [2.24, 2.45) is 0 Å². The summed E-state index contributed by atoms with van der Waals surface area (Å²) in [4.78, 5) is 4.34. The second-order valence-electron chi connectivity index (χ2n) is 5.16. The minimum absolute atomic E-state index is 0.255.